The molecule has 4 heteroatoms. The molecule has 0 saturated carbocycles. The summed E-state index contributed by atoms with van der Waals surface area (Å²) in [7, 11) is 0. The van der Waals surface area contributed by atoms with Gasteiger partial charge in [-0.25, -0.2) is 4.39 Å². The number of aliphatic hydroxyl groups is 2. The summed E-state index contributed by atoms with van der Waals surface area (Å²) in [5, 5.41) is 19.7. The topological polar surface area (TPSA) is 53.4 Å². The molecule has 3 nitrogen and oxygen atoms in total. The van der Waals surface area contributed by atoms with E-state index in [-0.39, 0.29) is 0 Å². The summed E-state index contributed by atoms with van der Waals surface area (Å²) in [6.07, 6.45) is 2.02. The standard InChI is InChI=1S/C11H10FNO2/c12-8-3-7-1-2-13-5-10(7)9(4-8)11(15)6-14/h1-5,11,14-15H,6H2. The Morgan fingerprint density at radius 2 is 2.20 bits per heavy atom. The number of nitrogens with zero attached hydrogens (tertiary/aromatic N) is 1. The number of halogens is 1. The lowest BCUT2D eigenvalue weighted by molar-refractivity contribution is 0.0965. The number of hydrogen-bond acceptors (Lipinski definition) is 3. The zero-order valence-corrected chi connectivity index (χ0v) is 7.89. The third-order valence-corrected chi connectivity index (χ3v) is 2.28. The van der Waals surface area contributed by atoms with Crippen LogP contribution in [0.2, 0.25) is 0 Å². The summed E-state index contributed by atoms with van der Waals surface area (Å²) < 4.78 is 13.2. The zero-order chi connectivity index (χ0) is 10.8. The number of hydrogen-bond donors (Lipinski definition) is 2. The second-order valence-electron chi connectivity index (χ2n) is 3.29. The van der Waals surface area contributed by atoms with Crippen LogP contribution < -0.4 is 0 Å². The van der Waals surface area contributed by atoms with Crippen LogP contribution in [0.15, 0.2) is 30.6 Å². The number of fused-ring (bicyclic) bond motifs is 1. The lowest BCUT2D eigenvalue weighted by atomic mass is 10.0. The van der Waals surface area contributed by atoms with Gasteiger partial charge in [-0.15, -0.1) is 0 Å². The smallest absolute Gasteiger partial charge is 0.124 e. The van der Waals surface area contributed by atoms with E-state index in [9.17, 15) is 9.50 Å². The quantitative estimate of drug-likeness (QED) is 0.782. The van der Waals surface area contributed by atoms with E-state index in [4.69, 9.17) is 5.11 Å². The lowest BCUT2D eigenvalue weighted by Crippen LogP contribution is -2.04. The predicted molar refractivity (Wildman–Crippen MR) is 53.7 cm³/mol. The van der Waals surface area contributed by atoms with E-state index in [0.29, 0.717) is 16.3 Å². The van der Waals surface area contributed by atoms with Gasteiger partial charge in [0.05, 0.1) is 6.61 Å². The van der Waals surface area contributed by atoms with Crippen LogP contribution in [-0.2, 0) is 0 Å². The van der Waals surface area contributed by atoms with Gasteiger partial charge in [-0.1, -0.05) is 0 Å². The third kappa shape index (κ3) is 1.82. The molecule has 0 aliphatic carbocycles. The number of aliphatic hydroxyl groups excluding tert-OH is 2. The highest BCUT2D eigenvalue weighted by molar-refractivity contribution is 5.85. The maximum atomic E-state index is 13.2. The summed E-state index contributed by atoms with van der Waals surface area (Å²) in [6.45, 7) is -0.437. The Morgan fingerprint density at radius 3 is 2.93 bits per heavy atom. The fourth-order valence-electron chi connectivity index (χ4n) is 1.56. The maximum Gasteiger partial charge on any atom is 0.124 e. The molecule has 0 amide bonds. The molecule has 0 aliphatic heterocycles. The highest BCUT2D eigenvalue weighted by Gasteiger charge is 2.11. The van der Waals surface area contributed by atoms with Gasteiger partial charge in [0.25, 0.3) is 0 Å². The van der Waals surface area contributed by atoms with Crippen molar-refractivity contribution in [3.8, 4) is 0 Å². The Morgan fingerprint density at radius 1 is 1.40 bits per heavy atom. The fourth-order valence-corrected chi connectivity index (χ4v) is 1.56. The fraction of sp³-hybridized carbons (Fsp3) is 0.182. The minimum atomic E-state index is -1.08. The van der Waals surface area contributed by atoms with Crippen molar-refractivity contribution in [2.75, 3.05) is 6.61 Å². The monoisotopic (exact) mass is 207 g/mol. The molecule has 0 spiro atoms. The van der Waals surface area contributed by atoms with Gasteiger partial charge in [0.2, 0.25) is 0 Å². The minimum Gasteiger partial charge on any atom is -0.393 e. The van der Waals surface area contributed by atoms with Crippen LogP contribution in [0.1, 0.15) is 11.7 Å². The highest BCUT2D eigenvalue weighted by Crippen LogP contribution is 2.24. The molecule has 2 N–H and O–H groups in total. The van der Waals surface area contributed by atoms with Crippen molar-refractivity contribution >= 4 is 10.8 Å². The van der Waals surface area contributed by atoms with Gasteiger partial charge in [-0.05, 0) is 29.1 Å². The predicted octanol–water partition coefficient (Wildman–Crippen LogP) is 1.40. The van der Waals surface area contributed by atoms with Crippen LogP contribution in [0.4, 0.5) is 4.39 Å². The van der Waals surface area contributed by atoms with E-state index >= 15 is 0 Å². The van der Waals surface area contributed by atoms with Crippen molar-refractivity contribution in [2.45, 2.75) is 6.10 Å². The number of rotatable bonds is 2. The van der Waals surface area contributed by atoms with Crippen LogP contribution in [0, 0.1) is 5.82 Å². The molecule has 0 fully saturated rings. The van der Waals surface area contributed by atoms with Crippen molar-refractivity contribution < 1.29 is 14.6 Å². The summed E-state index contributed by atoms with van der Waals surface area (Å²) in [4.78, 5) is 3.90. The molecule has 1 aromatic heterocycles. The first-order chi connectivity index (χ1) is 7.22. The Labute approximate surface area is 85.8 Å². The largest absolute Gasteiger partial charge is 0.393 e. The van der Waals surface area contributed by atoms with Crippen molar-refractivity contribution in [1.29, 1.82) is 0 Å². The van der Waals surface area contributed by atoms with Gasteiger partial charge >= 0.3 is 0 Å². The average Bonchev–Trinajstić information content (AvgIpc) is 2.26. The molecule has 0 saturated heterocycles. The van der Waals surface area contributed by atoms with E-state index in [1.54, 1.807) is 18.5 Å². The molecule has 1 heterocycles. The molecule has 0 radical (unpaired) electrons. The molecule has 0 bridgehead atoms. The molecule has 1 unspecified atom stereocenters. The highest BCUT2D eigenvalue weighted by atomic mass is 19.1. The van der Waals surface area contributed by atoms with Crippen LogP contribution in [0.25, 0.3) is 10.8 Å². The van der Waals surface area contributed by atoms with Crippen LogP contribution in [0.5, 0.6) is 0 Å². The average molecular weight is 207 g/mol. The van der Waals surface area contributed by atoms with Gasteiger partial charge < -0.3 is 10.2 Å². The number of aromatic nitrogens is 1. The number of pyridine rings is 1. The summed E-state index contributed by atoms with van der Waals surface area (Å²) in [5.41, 5.74) is 0.362. The molecule has 15 heavy (non-hydrogen) atoms. The lowest BCUT2D eigenvalue weighted by Gasteiger charge is -2.10. The SMILES string of the molecule is OCC(O)c1cc(F)cc2ccncc12. The second-order valence-corrected chi connectivity index (χ2v) is 3.29. The van der Waals surface area contributed by atoms with E-state index in [2.05, 4.69) is 4.98 Å². The van der Waals surface area contributed by atoms with Gasteiger partial charge in [-0.3, -0.25) is 4.98 Å². The molecular formula is C11H10FNO2. The van der Waals surface area contributed by atoms with E-state index in [0.717, 1.165) is 0 Å². The van der Waals surface area contributed by atoms with E-state index < -0.39 is 18.5 Å². The summed E-state index contributed by atoms with van der Waals surface area (Å²) >= 11 is 0. The van der Waals surface area contributed by atoms with E-state index in [1.165, 1.54) is 12.1 Å². The van der Waals surface area contributed by atoms with Crippen molar-refractivity contribution in [2.24, 2.45) is 0 Å². The number of benzene rings is 1. The minimum absolute atomic E-state index is 0.362. The Bertz CT molecular complexity index is 487. The van der Waals surface area contributed by atoms with Crippen molar-refractivity contribution in [3.05, 3.63) is 42.0 Å². The van der Waals surface area contributed by atoms with Crippen molar-refractivity contribution in [1.82, 2.24) is 4.98 Å². The van der Waals surface area contributed by atoms with Crippen molar-refractivity contribution in [3.63, 3.8) is 0 Å². The zero-order valence-electron chi connectivity index (χ0n) is 7.89. The summed E-state index contributed by atoms with van der Waals surface area (Å²) in [6, 6.07) is 4.24. The van der Waals surface area contributed by atoms with Gasteiger partial charge in [0.15, 0.2) is 0 Å². The van der Waals surface area contributed by atoms with Gasteiger partial charge in [-0.2, -0.15) is 0 Å². The first-order valence-corrected chi connectivity index (χ1v) is 4.54. The third-order valence-electron chi connectivity index (χ3n) is 2.28. The first-order valence-electron chi connectivity index (χ1n) is 4.54. The second kappa shape index (κ2) is 3.92. The molecule has 1 aromatic carbocycles. The Kier molecular flexibility index (Phi) is 2.62. The maximum absolute atomic E-state index is 13.2. The van der Waals surface area contributed by atoms with Crippen LogP contribution in [-0.4, -0.2) is 21.8 Å². The Hall–Kier alpha value is -1.52. The Balaban J connectivity index is 2.71. The van der Waals surface area contributed by atoms with E-state index in [1.807, 2.05) is 0 Å². The molecular weight excluding hydrogens is 197 g/mol. The molecule has 1 atom stereocenters. The van der Waals surface area contributed by atoms with Crippen LogP contribution >= 0.6 is 0 Å². The molecule has 0 aliphatic rings. The molecule has 2 aromatic rings. The normalized spacial score (nSPS) is 13.0. The first kappa shape index (κ1) is 10.0. The van der Waals surface area contributed by atoms with Gasteiger partial charge in [0.1, 0.15) is 11.9 Å². The molecule has 2 rings (SSSR count). The van der Waals surface area contributed by atoms with Crippen LogP contribution in [0.3, 0.4) is 0 Å². The van der Waals surface area contributed by atoms with Gasteiger partial charge in [0, 0.05) is 17.8 Å². The molecule has 78 valence electrons. The summed E-state index contributed by atoms with van der Waals surface area (Å²) in [5.74, 6) is -0.434.